The lowest BCUT2D eigenvalue weighted by molar-refractivity contribution is -0.118. The third-order valence-electron chi connectivity index (χ3n) is 2.16. The third-order valence-corrected chi connectivity index (χ3v) is 2.16. The molecule has 2 rings (SSSR count). The van der Waals surface area contributed by atoms with E-state index in [9.17, 15) is 9.90 Å². The fraction of sp³-hybridized carbons (Fsp3) is 0.300. The molecular formula is C10H11NO3. The van der Waals surface area contributed by atoms with E-state index in [4.69, 9.17) is 4.74 Å². The van der Waals surface area contributed by atoms with Crippen LogP contribution < -0.4 is 10.1 Å². The van der Waals surface area contributed by atoms with Crippen molar-refractivity contribution in [3.05, 3.63) is 17.7 Å². The van der Waals surface area contributed by atoms with Gasteiger partial charge < -0.3 is 15.2 Å². The normalized spacial score (nSPS) is 14.2. The lowest BCUT2D eigenvalue weighted by Crippen LogP contribution is -2.25. The predicted molar refractivity (Wildman–Crippen MR) is 51.6 cm³/mol. The number of rotatable bonds is 1. The predicted octanol–water partition coefficient (Wildman–Crippen LogP) is 1.29. The Kier molecular flexibility index (Phi) is 2.04. The van der Waals surface area contributed by atoms with E-state index >= 15 is 0 Å². The molecule has 0 aliphatic carbocycles. The van der Waals surface area contributed by atoms with Crippen molar-refractivity contribution in [1.82, 2.24) is 0 Å². The van der Waals surface area contributed by atoms with Crippen molar-refractivity contribution in [2.75, 3.05) is 11.9 Å². The summed E-state index contributed by atoms with van der Waals surface area (Å²) in [5, 5.41) is 12.2. The van der Waals surface area contributed by atoms with Gasteiger partial charge in [0.05, 0.1) is 5.69 Å². The van der Waals surface area contributed by atoms with Gasteiger partial charge in [-0.25, -0.2) is 0 Å². The van der Waals surface area contributed by atoms with Crippen molar-refractivity contribution < 1.29 is 14.6 Å². The molecule has 1 aromatic rings. The van der Waals surface area contributed by atoms with Crippen LogP contribution in [0.4, 0.5) is 5.69 Å². The molecule has 14 heavy (non-hydrogen) atoms. The number of ether oxygens (including phenoxy) is 1. The topological polar surface area (TPSA) is 58.6 Å². The highest BCUT2D eigenvalue weighted by molar-refractivity contribution is 5.96. The smallest absolute Gasteiger partial charge is 0.262 e. The number of aryl methyl sites for hydroxylation is 1. The Balaban J connectivity index is 2.48. The molecule has 1 aromatic carbocycles. The number of benzene rings is 1. The molecular weight excluding hydrogens is 182 g/mol. The fourth-order valence-electron chi connectivity index (χ4n) is 1.44. The minimum atomic E-state index is -0.190. The fourth-order valence-corrected chi connectivity index (χ4v) is 1.44. The molecule has 0 spiro atoms. The van der Waals surface area contributed by atoms with Crippen LogP contribution in [-0.4, -0.2) is 17.6 Å². The number of aromatic hydroxyl groups is 1. The van der Waals surface area contributed by atoms with Gasteiger partial charge in [-0.2, -0.15) is 0 Å². The van der Waals surface area contributed by atoms with Gasteiger partial charge in [-0.15, -0.1) is 0 Å². The Bertz CT molecular complexity index is 387. The molecule has 4 heteroatoms. The summed E-state index contributed by atoms with van der Waals surface area (Å²) in [6.45, 7) is 1.94. The molecule has 0 aromatic heterocycles. The van der Waals surface area contributed by atoms with Gasteiger partial charge >= 0.3 is 0 Å². The molecule has 0 fully saturated rings. The van der Waals surface area contributed by atoms with Crippen molar-refractivity contribution in [1.29, 1.82) is 0 Å². The first-order valence-corrected chi connectivity index (χ1v) is 4.49. The van der Waals surface area contributed by atoms with Gasteiger partial charge in [-0.05, 0) is 24.1 Å². The van der Waals surface area contributed by atoms with Crippen LogP contribution in [0.5, 0.6) is 11.5 Å². The molecule has 1 aliphatic heterocycles. The zero-order valence-corrected chi connectivity index (χ0v) is 7.83. The minimum Gasteiger partial charge on any atom is -0.504 e. The largest absolute Gasteiger partial charge is 0.504 e. The second-order valence-electron chi connectivity index (χ2n) is 3.18. The van der Waals surface area contributed by atoms with Crippen LogP contribution in [0.3, 0.4) is 0 Å². The molecule has 0 saturated heterocycles. The minimum absolute atomic E-state index is 0.0357. The highest BCUT2D eigenvalue weighted by atomic mass is 16.5. The van der Waals surface area contributed by atoms with E-state index in [-0.39, 0.29) is 18.3 Å². The molecule has 0 saturated carbocycles. The maximum absolute atomic E-state index is 11.0. The highest BCUT2D eigenvalue weighted by Gasteiger charge is 2.19. The van der Waals surface area contributed by atoms with E-state index in [0.717, 1.165) is 12.0 Å². The number of anilines is 1. The Labute approximate surface area is 81.5 Å². The Hall–Kier alpha value is -1.71. The molecule has 0 unspecified atom stereocenters. The quantitative estimate of drug-likeness (QED) is 0.706. The van der Waals surface area contributed by atoms with Crippen LogP contribution in [0, 0.1) is 0 Å². The number of hydrogen-bond donors (Lipinski definition) is 2. The average molecular weight is 193 g/mol. The van der Waals surface area contributed by atoms with Gasteiger partial charge in [0.2, 0.25) is 0 Å². The van der Waals surface area contributed by atoms with Crippen molar-refractivity contribution in [2.45, 2.75) is 13.3 Å². The maximum Gasteiger partial charge on any atom is 0.262 e. The Morgan fingerprint density at radius 2 is 2.36 bits per heavy atom. The maximum atomic E-state index is 11.0. The summed E-state index contributed by atoms with van der Waals surface area (Å²) >= 11 is 0. The standard InChI is InChI=1S/C10H11NO3/c1-2-6-3-7-10(8(12)4-6)14-5-9(13)11-7/h3-4,12H,2,5H2,1H3,(H,11,13). The van der Waals surface area contributed by atoms with Gasteiger partial charge in [-0.1, -0.05) is 6.92 Å². The van der Waals surface area contributed by atoms with Crippen LogP contribution in [-0.2, 0) is 11.2 Å². The summed E-state index contributed by atoms with van der Waals surface area (Å²) in [6, 6.07) is 3.46. The van der Waals surface area contributed by atoms with Crippen molar-refractivity contribution in [3.63, 3.8) is 0 Å². The van der Waals surface area contributed by atoms with Gasteiger partial charge in [-0.3, -0.25) is 4.79 Å². The first kappa shape index (κ1) is 8.87. The van der Waals surface area contributed by atoms with Crippen LogP contribution in [0.25, 0.3) is 0 Å². The molecule has 0 radical (unpaired) electrons. The lowest BCUT2D eigenvalue weighted by atomic mass is 10.1. The van der Waals surface area contributed by atoms with Gasteiger partial charge in [0.1, 0.15) is 0 Å². The first-order valence-electron chi connectivity index (χ1n) is 4.49. The van der Waals surface area contributed by atoms with Crippen molar-refractivity contribution in [2.24, 2.45) is 0 Å². The Morgan fingerprint density at radius 3 is 3.07 bits per heavy atom. The second-order valence-corrected chi connectivity index (χ2v) is 3.18. The molecule has 2 N–H and O–H groups in total. The molecule has 0 bridgehead atoms. The Morgan fingerprint density at radius 1 is 1.57 bits per heavy atom. The third kappa shape index (κ3) is 1.39. The van der Waals surface area contributed by atoms with Crippen LogP contribution in [0.15, 0.2) is 12.1 Å². The van der Waals surface area contributed by atoms with E-state index in [0.29, 0.717) is 11.4 Å². The van der Waals surface area contributed by atoms with Gasteiger partial charge in [0, 0.05) is 0 Å². The highest BCUT2D eigenvalue weighted by Crippen LogP contribution is 2.37. The van der Waals surface area contributed by atoms with E-state index < -0.39 is 0 Å². The number of amides is 1. The molecule has 74 valence electrons. The summed E-state index contributed by atoms with van der Waals surface area (Å²) < 4.78 is 5.10. The van der Waals surface area contributed by atoms with Crippen LogP contribution in [0.1, 0.15) is 12.5 Å². The van der Waals surface area contributed by atoms with Crippen LogP contribution in [0.2, 0.25) is 0 Å². The number of phenols is 1. The lowest BCUT2D eigenvalue weighted by Gasteiger charge is -2.19. The zero-order valence-electron chi connectivity index (χ0n) is 7.83. The van der Waals surface area contributed by atoms with Crippen LogP contribution >= 0.6 is 0 Å². The van der Waals surface area contributed by atoms with E-state index in [1.165, 1.54) is 0 Å². The molecule has 1 aliphatic rings. The van der Waals surface area contributed by atoms with E-state index in [2.05, 4.69) is 5.32 Å². The summed E-state index contributed by atoms with van der Waals surface area (Å²) in [5.41, 5.74) is 1.52. The number of carbonyl (C=O) groups excluding carboxylic acids is 1. The average Bonchev–Trinajstić information content (AvgIpc) is 2.16. The molecule has 1 heterocycles. The molecule has 4 nitrogen and oxygen atoms in total. The van der Waals surface area contributed by atoms with Crippen molar-refractivity contribution in [3.8, 4) is 11.5 Å². The van der Waals surface area contributed by atoms with E-state index in [1.807, 2.05) is 13.0 Å². The van der Waals surface area contributed by atoms with Crippen molar-refractivity contribution >= 4 is 11.6 Å². The summed E-state index contributed by atoms with van der Waals surface area (Å²) in [6.07, 6.45) is 0.802. The SMILES string of the molecule is CCc1cc(O)c2c(c1)NC(=O)CO2. The summed E-state index contributed by atoms with van der Waals surface area (Å²) in [4.78, 5) is 11.0. The van der Waals surface area contributed by atoms with E-state index in [1.54, 1.807) is 6.07 Å². The zero-order chi connectivity index (χ0) is 10.1. The summed E-state index contributed by atoms with van der Waals surface area (Å²) in [7, 11) is 0. The number of hydrogen-bond acceptors (Lipinski definition) is 3. The van der Waals surface area contributed by atoms with Gasteiger partial charge in [0.15, 0.2) is 18.1 Å². The monoisotopic (exact) mass is 193 g/mol. The van der Waals surface area contributed by atoms with Gasteiger partial charge in [0.25, 0.3) is 5.91 Å². The second kappa shape index (κ2) is 3.21. The first-order chi connectivity index (χ1) is 6.70. The molecule has 1 amide bonds. The number of nitrogens with one attached hydrogen (secondary N) is 1. The number of carbonyl (C=O) groups is 1. The molecule has 0 atom stereocenters. The summed E-state index contributed by atoms with van der Waals surface area (Å²) in [5.74, 6) is 0.256. The number of phenolic OH excluding ortho intramolecular Hbond substituents is 1. The number of fused-ring (bicyclic) bond motifs is 1.